The molecule has 0 aromatic heterocycles. The molecule has 0 spiro atoms. The lowest BCUT2D eigenvalue weighted by molar-refractivity contribution is -0.147. The topological polar surface area (TPSA) is 57.5 Å². The summed E-state index contributed by atoms with van der Waals surface area (Å²) < 4.78 is 0. The lowest BCUT2D eigenvalue weighted by Gasteiger charge is -2.47. The van der Waals surface area contributed by atoms with Crippen LogP contribution in [0, 0.1) is 11.3 Å². The standard InChI is InChI=1S/C14H24O3/c1-10(2)8-11-6-5-7-13(3,4)14(11,17)9-12(15)16/h8,10,17H,5-7,9H2,1-4H3,(H,15,16)/b11-8+. The maximum Gasteiger partial charge on any atom is 0.306 e. The third-order valence-corrected chi connectivity index (χ3v) is 3.84. The van der Waals surface area contributed by atoms with Crippen LogP contribution in [-0.4, -0.2) is 21.8 Å². The number of aliphatic carboxylic acids is 1. The van der Waals surface area contributed by atoms with Crippen molar-refractivity contribution in [2.24, 2.45) is 11.3 Å². The molecule has 98 valence electrons. The average Bonchev–Trinajstić information content (AvgIpc) is 2.11. The third kappa shape index (κ3) is 2.89. The van der Waals surface area contributed by atoms with Gasteiger partial charge in [0.05, 0.1) is 6.42 Å². The molecule has 2 N–H and O–H groups in total. The summed E-state index contributed by atoms with van der Waals surface area (Å²) in [5, 5.41) is 19.9. The van der Waals surface area contributed by atoms with Gasteiger partial charge in [-0.1, -0.05) is 33.8 Å². The summed E-state index contributed by atoms with van der Waals surface area (Å²) in [6.07, 6.45) is 4.54. The lowest BCUT2D eigenvalue weighted by Crippen LogP contribution is -2.50. The predicted molar refractivity (Wildman–Crippen MR) is 67.8 cm³/mol. The fourth-order valence-corrected chi connectivity index (χ4v) is 2.76. The monoisotopic (exact) mass is 240 g/mol. The van der Waals surface area contributed by atoms with Gasteiger partial charge in [-0.15, -0.1) is 0 Å². The molecule has 1 aliphatic rings. The van der Waals surface area contributed by atoms with E-state index >= 15 is 0 Å². The van der Waals surface area contributed by atoms with Gasteiger partial charge in [-0.05, 0) is 36.2 Å². The van der Waals surface area contributed by atoms with Crippen LogP contribution in [0.5, 0.6) is 0 Å². The van der Waals surface area contributed by atoms with E-state index in [1.807, 2.05) is 19.9 Å². The fraction of sp³-hybridized carbons (Fsp3) is 0.786. The smallest absolute Gasteiger partial charge is 0.306 e. The van der Waals surface area contributed by atoms with Gasteiger partial charge in [0.15, 0.2) is 0 Å². The largest absolute Gasteiger partial charge is 0.481 e. The van der Waals surface area contributed by atoms with Gasteiger partial charge in [0.1, 0.15) is 5.60 Å². The maximum absolute atomic E-state index is 11.0. The second kappa shape index (κ2) is 4.81. The van der Waals surface area contributed by atoms with E-state index in [2.05, 4.69) is 13.8 Å². The molecule has 1 aliphatic carbocycles. The van der Waals surface area contributed by atoms with Crippen molar-refractivity contribution in [2.45, 2.75) is 59.0 Å². The molecule has 1 fully saturated rings. The molecule has 0 saturated heterocycles. The van der Waals surface area contributed by atoms with Crippen LogP contribution in [0.2, 0.25) is 0 Å². The highest BCUT2D eigenvalue weighted by atomic mass is 16.4. The third-order valence-electron chi connectivity index (χ3n) is 3.84. The van der Waals surface area contributed by atoms with Crippen molar-refractivity contribution in [3.8, 4) is 0 Å². The summed E-state index contributed by atoms with van der Waals surface area (Å²) in [4.78, 5) is 11.0. The first-order chi connectivity index (χ1) is 7.69. The van der Waals surface area contributed by atoms with Gasteiger partial charge < -0.3 is 10.2 Å². The Labute approximate surface area is 104 Å². The first kappa shape index (κ1) is 14.2. The Morgan fingerprint density at radius 3 is 2.53 bits per heavy atom. The zero-order chi connectivity index (χ0) is 13.3. The minimum Gasteiger partial charge on any atom is -0.481 e. The molecule has 1 unspecified atom stereocenters. The second-order valence-electron chi connectivity index (χ2n) is 6.10. The van der Waals surface area contributed by atoms with Crippen LogP contribution in [-0.2, 0) is 4.79 Å². The number of carboxylic acids is 1. The molecule has 3 nitrogen and oxygen atoms in total. The van der Waals surface area contributed by atoms with Gasteiger partial charge >= 0.3 is 5.97 Å². The van der Waals surface area contributed by atoms with E-state index in [-0.39, 0.29) is 11.8 Å². The Bertz CT molecular complexity index is 328. The van der Waals surface area contributed by atoms with Crippen LogP contribution >= 0.6 is 0 Å². The highest BCUT2D eigenvalue weighted by Crippen LogP contribution is 2.49. The van der Waals surface area contributed by atoms with Crippen LogP contribution in [0.1, 0.15) is 53.4 Å². The van der Waals surface area contributed by atoms with Crippen molar-refractivity contribution in [3.05, 3.63) is 11.6 Å². The second-order valence-corrected chi connectivity index (χ2v) is 6.10. The van der Waals surface area contributed by atoms with E-state index in [0.717, 1.165) is 24.8 Å². The van der Waals surface area contributed by atoms with Crippen molar-refractivity contribution >= 4 is 5.97 Å². The van der Waals surface area contributed by atoms with Crippen molar-refractivity contribution in [1.82, 2.24) is 0 Å². The predicted octanol–water partition coefficient (Wildman–Crippen LogP) is 2.98. The summed E-state index contributed by atoms with van der Waals surface area (Å²) in [5.41, 5.74) is -0.655. The lowest BCUT2D eigenvalue weighted by atomic mass is 9.61. The van der Waals surface area contributed by atoms with Gasteiger partial charge in [-0.2, -0.15) is 0 Å². The van der Waals surface area contributed by atoms with Crippen LogP contribution in [0.15, 0.2) is 11.6 Å². The number of rotatable bonds is 3. The van der Waals surface area contributed by atoms with E-state index in [1.165, 1.54) is 0 Å². The highest BCUT2D eigenvalue weighted by molar-refractivity contribution is 5.69. The van der Waals surface area contributed by atoms with Crippen molar-refractivity contribution in [1.29, 1.82) is 0 Å². The summed E-state index contributed by atoms with van der Waals surface area (Å²) >= 11 is 0. The SMILES string of the molecule is CC(C)/C=C1\CCCC(C)(C)C1(O)CC(=O)O. The number of carboxylic acid groups (broad SMARTS) is 1. The van der Waals surface area contributed by atoms with Gasteiger partial charge in [-0.25, -0.2) is 0 Å². The molecule has 0 radical (unpaired) electrons. The zero-order valence-corrected chi connectivity index (χ0v) is 11.3. The minimum absolute atomic E-state index is 0.196. The quantitative estimate of drug-likeness (QED) is 0.746. The molecule has 1 atom stereocenters. The van der Waals surface area contributed by atoms with Crippen molar-refractivity contribution < 1.29 is 15.0 Å². The van der Waals surface area contributed by atoms with Gasteiger partial charge in [-0.3, -0.25) is 4.79 Å². The Hall–Kier alpha value is -0.830. The number of aliphatic hydroxyl groups is 1. The number of hydrogen-bond donors (Lipinski definition) is 2. The van der Waals surface area contributed by atoms with Crippen LogP contribution in [0.4, 0.5) is 0 Å². The molecule has 17 heavy (non-hydrogen) atoms. The zero-order valence-electron chi connectivity index (χ0n) is 11.3. The minimum atomic E-state index is -1.19. The van der Waals surface area contributed by atoms with E-state index in [4.69, 9.17) is 5.11 Å². The molecule has 1 saturated carbocycles. The first-order valence-electron chi connectivity index (χ1n) is 6.34. The summed E-state index contributed by atoms with van der Waals surface area (Å²) in [5.74, 6) is -0.601. The molecule has 0 aromatic carbocycles. The average molecular weight is 240 g/mol. The molecule has 0 aromatic rings. The Morgan fingerprint density at radius 2 is 2.06 bits per heavy atom. The van der Waals surface area contributed by atoms with Crippen LogP contribution in [0.25, 0.3) is 0 Å². The summed E-state index contributed by atoms with van der Waals surface area (Å²) in [6.45, 7) is 8.03. The van der Waals surface area contributed by atoms with E-state index in [9.17, 15) is 9.90 Å². The van der Waals surface area contributed by atoms with E-state index in [0.29, 0.717) is 5.92 Å². The van der Waals surface area contributed by atoms with Gasteiger partial charge in [0, 0.05) is 0 Å². The molecule has 0 heterocycles. The highest BCUT2D eigenvalue weighted by Gasteiger charge is 2.49. The number of carbonyl (C=O) groups is 1. The molecular weight excluding hydrogens is 216 g/mol. The van der Waals surface area contributed by atoms with E-state index in [1.54, 1.807) is 0 Å². The van der Waals surface area contributed by atoms with Gasteiger partial charge in [0.25, 0.3) is 0 Å². The first-order valence-corrected chi connectivity index (χ1v) is 6.34. The normalized spacial score (nSPS) is 30.8. The van der Waals surface area contributed by atoms with Crippen molar-refractivity contribution in [3.63, 3.8) is 0 Å². The summed E-state index contributed by atoms with van der Waals surface area (Å²) in [6, 6.07) is 0. The molecule has 0 aliphatic heterocycles. The number of hydrogen-bond acceptors (Lipinski definition) is 2. The maximum atomic E-state index is 11.0. The molecule has 1 rings (SSSR count). The molecule has 0 bridgehead atoms. The van der Waals surface area contributed by atoms with E-state index < -0.39 is 11.6 Å². The Morgan fingerprint density at radius 1 is 1.47 bits per heavy atom. The Balaban J connectivity index is 3.15. The van der Waals surface area contributed by atoms with Crippen LogP contribution < -0.4 is 0 Å². The molecule has 3 heteroatoms. The molecule has 0 amide bonds. The Kier molecular flexibility index (Phi) is 4.03. The fourth-order valence-electron chi connectivity index (χ4n) is 2.76. The van der Waals surface area contributed by atoms with Crippen LogP contribution in [0.3, 0.4) is 0 Å². The summed E-state index contributed by atoms with van der Waals surface area (Å²) in [7, 11) is 0. The van der Waals surface area contributed by atoms with Crippen molar-refractivity contribution in [2.75, 3.05) is 0 Å². The van der Waals surface area contributed by atoms with Gasteiger partial charge in [0.2, 0.25) is 0 Å². The molecular formula is C14H24O3. The number of allylic oxidation sites excluding steroid dienone is 1.